The number of para-hydroxylation sites is 1. The average molecular weight is 445 g/mol. The quantitative estimate of drug-likeness (QED) is 0.455. The highest BCUT2D eigenvalue weighted by Gasteiger charge is 2.16. The van der Waals surface area contributed by atoms with Crippen molar-refractivity contribution < 1.29 is 9.53 Å². The van der Waals surface area contributed by atoms with Gasteiger partial charge < -0.3 is 14.6 Å². The number of nitrogens with zero attached hydrogens (tertiary/aromatic N) is 3. The molecule has 1 unspecified atom stereocenters. The van der Waals surface area contributed by atoms with Crippen molar-refractivity contribution in [3.8, 4) is 5.75 Å². The van der Waals surface area contributed by atoms with Gasteiger partial charge in [0.1, 0.15) is 12.4 Å². The maximum Gasteiger partial charge on any atom is 0.230 e. The Labute approximate surface area is 186 Å². The molecular formula is C22H25ClN4O2S. The van der Waals surface area contributed by atoms with Gasteiger partial charge in [-0.25, -0.2) is 0 Å². The second kappa shape index (κ2) is 11.0. The summed E-state index contributed by atoms with van der Waals surface area (Å²) in [5.74, 6) is 1.49. The number of nitrogens with one attached hydrogen (secondary N) is 1. The summed E-state index contributed by atoms with van der Waals surface area (Å²) >= 11 is 7.46. The van der Waals surface area contributed by atoms with Crippen LogP contribution in [0.4, 0.5) is 0 Å². The number of hydrogen-bond acceptors (Lipinski definition) is 5. The molecule has 6 nitrogen and oxygen atoms in total. The van der Waals surface area contributed by atoms with Gasteiger partial charge in [0.15, 0.2) is 11.0 Å². The molecule has 0 fully saturated rings. The van der Waals surface area contributed by atoms with Crippen molar-refractivity contribution >= 4 is 29.3 Å². The van der Waals surface area contributed by atoms with Crippen molar-refractivity contribution in [2.45, 2.75) is 37.6 Å². The molecule has 0 bridgehead atoms. The van der Waals surface area contributed by atoms with Crippen molar-refractivity contribution in [2.24, 2.45) is 7.05 Å². The van der Waals surface area contributed by atoms with Gasteiger partial charge in [0.25, 0.3) is 0 Å². The summed E-state index contributed by atoms with van der Waals surface area (Å²) in [4.78, 5) is 12.5. The van der Waals surface area contributed by atoms with E-state index >= 15 is 0 Å². The summed E-state index contributed by atoms with van der Waals surface area (Å²) in [6.45, 7) is 2.36. The monoisotopic (exact) mass is 444 g/mol. The molecule has 1 N–H and O–H groups in total. The van der Waals surface area contributed by atoms with Crippen LogP contribution in [0.1, 0.15) is 37.2 Å². The lowest BCUT2D eigenvalue weighted by molar-refractivity contribution is -0.119. The lowest BCUT2D eigenvalue weighted by Gasteiger charge is -2.18. The number of benzene rings is 2. The third-order valence-electron chi connectivity index (χ3n) is 4.57. The standard InChI is InChI=1S/C22H25ClN4O2S/c1-3-9-18(16-10-5-4-6-11-16)24-21(28)15-30-22-26-25-20(27(22)2)14-29-19-13-8-7-12-17(19)23/h4-8,10-13,18H,3,9,14-15H2,1-2H3,(H,24,28). The van der Waals surface area contributed by atoms with E-state index in [1.54, 1.807) is 12.1 Å². The van der Waals surface area contributed by atoms with E-state index in [0.717, 1.165) is 18.4 Å². The zero-order valence-electron chi connectivity index (χ0n) is 17.0. The Bertz CT molecular complexity index is 965. The van der Waals surface area contributed by atoms with Gasteiger partial charge in [0.05, 0.1) is 16.8 Å². The van der Waals surface area contributed by atoms with Crippen LogP contribution in [0.5, 0.6) is 5.75 Å². The first-order valence-corrected chi connectivity index (χ1v) is 11.2. The maximum absolute atomic E-state index is 12.5. The van der Waals surface area contributed by atoms with Gasteiger partial charge in [0.2, 0.25) is 5.91 Å². The molecule has 2 aromatic carbocycles. The van der Waals surface area contributed by atoms with Crippen molar-refractivity contribution in [3.05, 3.63) is 71.0 Å². The van der Waals surface area contributed by atoms with Crippen LogP contribution in [0, 0.1) is 0 Å². The molecule has 0 spiro atoms. The Hall–Kier alpha value is -2.51. The number of rotatable bonds is 10. The topological polar surface area (TPSA) is 69.0 Å². The fourth-order valence-corrected chi connectivity index (χ4v) is 3.89. The molecule has 1 atom stereocenters. The molecular weight excluding hydrogens is 420 g/mol. The van der Waals surface area contributed by atoms with Gasteiger partial charge in [-0.1, -0.05) is 79.2 Å². The van der Waals surface area contributed by atoms with E-state index in [-0.39, 0.29) is 24.3 Å². The van der Waals surface area contributed by atoms with Gasteiger partial charge in [-0.2, -0.15) is 0 Å². The molecule has 0 radical (unpaired) electrons. The van der Waals surface area contributed by atoms with Crippen LogP contribution in [0.25, 0.3) is 0 Å². The van der Waals surface area contributed by atoms with Gasteiger partial charge in [-0.3, -0.25) is 4.79 Å². The van der Waals surface area contributed by atoms with Crippen LogP contribution < -0.4 is 10.1 Å². The predicted octanol–water partition coefficient (Wildman–Crippen LogP) is 4.80. The second-order valence-electron chi connectivity index (χ2n) is 6.79. The van der Waals surface area contributed by atoms with E-state index in [4.69, 9.17) is 16.3 Å². The molecule has 0 aliphatic carbocycles. The smallest absolute Gasteiger partial charge is 0.230 e. The minimum atomic E-state index is -0.0285. The molecule has 3 aromatic rings. The third kappa shape index (κ3) is 6.00. The number of amides is 1. The van der Waals surface area contributed by atoms with Crippen LogP contribution in [-0.4, -0.2) is 26.4 Å². The maximum atomic E-state index is 12.5. The Balaban J connectivity index is 1.54. The normalized spacial score (nSPS) is 11.8. The van der Waals surface area contributed by atoms with Crippen LogP contribution >= 0.6 is 23.4 Å². The number of halogens is 1. The summed E-state index contributed by atoms with van der Waals surface area (Å²) in [6.07, 6.45) is 1.89. The van der Waals surface area contributed by atoms with E-state index in [0.29, 0.717) is 21.8 Å². The Morgan fingerprint density at radius 2 is 1.90 bits per heavy atom. The van der Waals surface area contributed by atoms with E-state index in [2.05, 4.69) is 22.4 Å². The summed E-state index contributed by atoms with van der Waals surface area (Å²) in [5, 5.41) is 12.7. The molecule has 1 aromatic heterocycles. The molecule has 8 heteroatoms. The molecule has 0 aliphatic heterocycles. The molecule has 0 saturated carbocycles. The lowest BCUT2D eigenvalue weighted by Crippen LogP contribution is -2.30. The fraction of sp³-hybridized carbons (Fsp3) is 0.318. The Morgan fingerprint density at radius 1 is 1.17 bits per heavy atom. The zero-order chi connectivity index (χ0) is 21.3. The number of carbonyl (C=O) groups excluding carboxylic acids is 1. The van der Waals surface area contributed by atoms with E-state index in [1.165, 1.54) is 11.8 Å². The van der Waals surface area contributed by atoms with Crippen molar-refractivity contribution in [3.63, 3.8) is 0 Å². The first-order valence-electron chi connectivity index (χ1n) is 9.81. The molecule has 0 aliphatic rings. The molecule has 0 saturated heterocycles. The van der Waals surface area contributed by atoms with Gasteiger partial charge in [0, 0.05) is 7.05 Å². The molecule has 3 rings (SSSR count). The third-order valence-corrected chi connectivity index (χ3v) is 5.90. The van der Waals surface area contributed by atoms with E-state index < -0.39 is 0 Å². The van der Waals surface area contributed by atoms with Crippen molar-refractivity contribution in [2.75, 3.05) is 5.75 Å². The van der Waals surface area contributed by atoms with Crippen molar-refractivity contribution in [1.29, 1.82) is 0 Å². The second-order valence-corrected chi connectivity index (χ2v) is 8.13. The van der Waals surface area contributed by atoms with Crippen molar-refractivity contribution in [1.82, 2.24) is 20.1 Å². The highest BCUT2D eigenvalue weighted by molar-refractivity contribution is 7.99. The van der Waals surface area contributed by atoms with E-state index in [1.807, 2.05) is 54.1 Å². The summed E-state index contributed by atoms with van der Waals surface area (Å²) < 4.78 is 7.56. The fourth-order valence-electron chi connectivity index (χ4n) is 2.96. The Morgan fingerprint density at radius 3 is 2.63 bits per heavy atom. The van der Waals surface area contributed by atoms with Crippen LogP contribution in [0.2, 0.25) is 5.02 Å². The Kier molecular flexibility index (Phi) is 8.16. The van der Waals surface area contributed by atoms with Crippen LogP contribution in [-0.2, 0) is 18.4 Å². The average Bonchev–Trinajstić information content (AvgIpc) is 3.11. The first-order chi connectivity index (χ1) is 14.6. The SMILES string of the molecule is CCCC(NC(=O)CSc1nnc(COc2ccccc2Cl)n1C)c1ccccc1. The zero-order valence-corrected chi connectivity index (χ0v) is 18.6. The molecule has 1 heterocycles. The highest BCUT2D eigenvalue weighted by Crippen LogP contribution is 2.24. The highest BCUT2D eigenvalue weighted by atomic mass is 35.5. The lowest BCUT2D eigenvalue weighted by atomic mass is 10.0. The number of hydrogen-bond donors (Lipinski definition) is 1. The van der Waals surface area contributed by atoms with Crippen LogP contribution in [0.3, 0.4) is 0 Å². The molecule has 1 amide bonds. The number of aromatic nitrogens is 3. The minimum Gasteiger partial charge on any atom is -0.484 e. The molecule has 30 heavy (non-hydrogen) atoms. The van der Waals surface area contributed by atoms with Gasteiger partial charge in [-0.15, -0.1) is 10.2 Å². The minimum absolute atomic E-state index is 0.0170. The predicted molar refractivity (Wildman–Crippen MR) is 120 cm³/mol. The van der Waals surface area contributed by atoms with Crippen LogP contribution in [0.15, 0.2) is 59.8 Å². The largest absolute Gasteiger partial charge is 0.484 e. The van der Waals surface area contributed by atoms with Gasteiger partial charge in [-0.05, 0) is 24.1 Å². The van der Waals surface area contributed by atoms with Gasteiger partial charge >= 0.3 is 0 Å². The first kappa shape index (κ1) is 22.2. The van der Waals surface area contributed by atoms with E-state index in [9.17, 15) is 4.79 Å². The number of ether oxygens (including phenoxy) is 1. The summed E-state index contributed by atoms with van der Waals surface area (Å²) in [5.41, 5.74) is 1.12. The number of carbonyl (C=O) groups is 1. The molecule has 158 valence electrons. The summed E-state index contributed by atoms with van der Waals surface area (Å²) in [7, 11) is 1.86. The summed E-state index contributed by atoms with van der Waals surface area (Å²) in [6, 6.07) is 17.3. The number of thioether (sulfide) groups is 1.